The molecule has 2 rings (SSSR count). The highest BCUT2D eigenvalue weighted by molar-refractivity contribution is 5.67. The Hall–Kier alpha value is -1.91. The normalized spacial score (nSPS) is 18.7. The monoisotopic (exact) mass is 237 g/mol. The number of hydrogen-bond acceptors (Lipinski definition) is 3. The third kappa shape index (κ3) is 1.77. The molecule has 0 saturated heterocycles. The van der Waals surface area contributed by atoms with E-state index in [4.69, 9.17) is 9.84 Å². The number of phenols is 1. The summed E-state index contributed by atoms with van der Waals surface area (Å²) in [5, 5.41) is 18.7. The minimum absolute atomic E-state index is 0.0993. The molecule has 5 heteroatoms. The van der Waals surface area contributed by atoms with Crippen LogP contribution < -0.4 is 4.74 Å². The molecule has 1 heterocycles. The van der Waals surface area contributed by atoms with Crippen LogP contribution in [0.25, 0.3) is 0 Å². The molecule has 5 nitrogen and oxygen atoms in total. The van der Waals surface area contributed by atoms with Crippen LogP contribution in [0.5, 0.6) is 11.5 Å². The Morgan fingerprint density at radius 3 is 2.82 bits per heavy atom. The highest BCUT2D eigenvalue weighted by atomic mass is 16.5. The molecule has 17 heavy (non-hydrogen) atoms. The molecule has 1 aromatic rings. The van der Waals surface area contributed by atoms with E-state index in [1.165, 1.54) is 12.0 Å². The fourth-order valence-corrected chi connectivity index (χ4v) is 2.36. The van der Waals surface area contributed by atoms with Crippen molar-refractivity contribution in [3.05, 3.63) is 23.3 Å². The number of nitrogens with zero attached hydrogens (tertiary/aromatic N) is 1. The number of hydrogen-bond donors (Lipinski definition) is 2. The van der Waals surface area contributed by atoms with Crippen LogP contribution in [-0.2, 0) is 6.42 Å². The van der Waals surface area contributed by atoms with Gasteiger partial charge in [-0.3, -0.25) is 0 Å². The molecule has 1 aromatic carbocycles. The molecule has 0 bridgehead atoms. The average Bonchev–Trinajstić information content (AvgIpc) is 2.28. The van der Waals surface area contributed by atoms with Crippen LogP contribution in [0.2, 0.25) is 0 Å². The van der Waals surface area contributed by atoms with E-state index < -0.39 is 6.09 Å². The Kier molecular flexibility index (Phi) is 2.83. The second-order valence-electron chi connectivity index (χ2n) is 4.09. The first-order valence-corrected chi connectivity index (χ1v) is 5.44. The van der Waals surface area contributed by atoms with E-state index in [2.05, 4.69) is 0 Å². The molecule has 0 saturated carbocycles. The van der Waals surface area contributed by atoms with E-state index in [0.29, 0.717) is 18.7 Å². The van der Waals surface area contributed by atoms with Gasteiger partial charge < -0.3 is 19.8 Å². The molecule has 1 unspecified atom stereocenters. The molecule has 0 aliphatic carbocycles. The Morgan fingerprint density at radius 1 is 1.53 bits per heavy atom. The largest absolute Gasteiger partial charge is 0.504 e. The Morgan fingerprint density at radius 2 is 2.24 bits per heavy atom. The molecule has 1 aliphatic rings. The second-order valence-corrected chi connectivity index (χ2v) is 4.09. The van der Waals surface area contributed by atoms with Crippen molar-refractivity contribution in [2.75, 3.05) is 13.7 Å². The lowest BCUT2D eigenvalue weighted by Crippen LogP contribution is -2.37. The van der Waals surface area contributed by atoms with Crippen molar-refractivity contribution in [3.8, 4) is 11.5 Å². The van der Waals surface area contributed by atoms with E-state index in [9.17, 15) is 9.90 Å². The van der Waals surface area contributed by atoms with Gasteiger partial charge in [0.05, 0.1) is 13.2 Å². The van der Waals surface area contributed by atoms with Crippen molar-refractivity contribution in [2.24, 2.45) is 0 Å². The fraction of sp³-hybridized carbons (Fsp3) is 0.417. The smallest absolute Gasteiger partial charge is 0.407 e. The quantitative estimate of drug-likeness (QED) is 0.783. The van der Waals surface area contributed by atoms with Gasteiger partial charge in [0.15, 0.2) is 11.5 Å². The van der Waals surface area contributed by atoms with Crippen molar-refractivity contribution in [1.82, 2.24) is 4.90 Å². The first-order chi connectivity index (χ1) is 8.06. The zero-order valence-electron chi connectivity index (χ0n) is 9.80. The number of rotatable bonds is 1. The van der Waals surface area contributed by atoms with Crippen molar-refractivity contribution in [1.29, 1.82) is 0 Å². The summed E-state index contributed by atoms with van der Waals surface area (Å²) in [5.74, 6) is 0.557. The summed E-state index contributed by atoms with van der Waals surface area (Å²) in [6.45, 7) is 2.26. The number of aromatic hydroxyl groups is 1. The summed E-state index contributed by atoms with van der Waals surface area (Å²) >= 11 is 0. The van der Waals surface area contributed by atoms with Crippen LogP contribution in [0, 0.1) is 0 Å². The molecule has 2 N–H and O–H groups in total. The zero-order chi connectivity index (χ0) is 12.6. The van der Waals surface area contributed by atoms with Crippen LogP contribution in [-0.4, -0.2) is 34.9 Å². The topological polar surface area (TPSA) is 70.0 Å². The van der Waals surface area contributed by atoms with Crippen LogP contribution >= 0.6 is 0 Å². The predicted octanol–water partition coefficient (Wildman–Crippen LogP) is 2.00. The molecule has 0 fully saturated rings. The fourth-order valence-electron chi connectivity index (χ4n) is 2.36. The van der Waals surface area contributed by atoms with E-state index in [1.54, 1.807) is 12.1 Å². The van der Waals surface area contributed by atoms with Gasteiger partial charge in [-0.15, -0.1) is 0 Å². The number of ether oxygens (including phenoxy) is 1. The van der Waals surface area contributed by atoms with Crippen molar-refractivity contribution < 1.29 is 19.7 Å². The number of carboxylic acid groups (broad SMARTS) is 1. The van der Waals surface area contributed by atoms with Gasteiger partial charge in [-0.2, -0.15) is 0 Å². The standard InChI is InChI=1S/C12H15NO4/c1-7-8-3-4-10(14)11(17-2)9(8)5-6-13(7)12(15)16/h3-4,7,14H,5-6H2,1-2H3,(H,15,16). The van der Waals surface area contributed by atoms with Gasteiger partial charge in [0, 0.05) is 12.1 Å². The third-order valence-electron chi connectivity index (χ3n) is 3.25. The minimum Gasteiger partial charge on any atom is -0.504 e. The second kappa shape index (κ2) is 4.16. The van der Waals surface area contributed by atoms with Gasteiger partial charge in [-0.25, -0.2) is 4.79 Å². The average molecular weight is 237 g/mol. The highest BCUT2D eigenvalue weighted by Gasteiger charge is 2.29. The van der Waals surface area contributed by atoms with E-state index >= 15 is 0 Å². The zero-order valence-corrected chi connectivity index (χ0v) is 9.80. The maximum absolute atomic E-state index is 11.0. The first-order valence-electron chi connectivity index (χ1n) is 5.44. The Labute approximate surface area is 99.2 Å². The van der Waals surface area contributed by atoms with Gasteiger partial charge in [0.1, 0.15) is 0 Å². The van der Waals surface area contributed by atoms with Gasteiger partial charge in [-0.1, -0.05) is 6.07 Å². The summed E-state index contributed by atoms with van der Waals surface area (Å²) in [6, 6.07) is 3.08. The van der Waals surface area contributed by atoms with E-state index in [1.807, 2.05) is 6.92 Å². The van der Waals surface area contributed by atoms with Gasteiger partial charge >= 0.3 is 6.09 Å². The van der Waals surface area contributed by atoms with E-state index in [0.717, 1.165) is 11.1 Å². The number of benzene rings is 1. The maximum atomic E-state index is 11.0. The lowest BCUT2D eigenvalue weighted by Gasteiger charge is -2.33. The number of amides is 1. The number of phenolic OH excluding ortho intramolecular Hbond substituents is 1. The Balaban J connectivity index is 2.48. The molecule has 1 aliphatic heterocycles. The SMILES string of the molecule is COc1c(O)ccc2c1CCN(C(=O)O)C2C. The minimum atomic E-state index is -0.921. The number of methoxy groups -OCH3 is 1. The van der Waals surface area contributed by atoms with Crippen LogP contribution in [0.4, 0.5) is 4.79 Å². The van der Waals surface area contributed by atoms with Crippen LogP contribution in [0.15, 0.2) is 12.1 Å². The third-order valence-corrected chi connectivity index (χ3v) is 3.25. The lowest BCUT2D eigenvalue weighted by atomic mass is 9.92. The van der Waals surface area contributed by atoms with E-state index in [-0.39, 0.29) is 11.8 Å². The molecule has 0 spiro atoms. The van der Waals surface area contributed by atoms with Crippen molar-refractivity contribution in [3.63, 3.8) is 0 Å². The predicted molar refractivity (Wildman–Crippen MR) is 61.5 cm³/mol. The van der Waals surface area contributed by atoms with Crippen molar-refractivity contribution in [2.45, 2.75) is 19.4 Å². The molecule has 0 aromatic heterocycles. The van der Waals surface area contributed by atoms with Crippen LogP contribution in [0.1, 0.15) is 24.1 Å². The molecule has 1 atom stereocenters. The van der Waals surface area contributed by atoms with Crippen LogP contribution in [0.3, 0.4) is 0 Å². The summed E-state index contributed by atoms with van der Waals surface area (Å²) in [6.07, 6.45) is -0.362. The molecule has 0 radical (unpaired) electrons. The van der Waals surface area contributed by atoms with Gasteiger partial charge in [-0.05, 0) is 25.0 Å². The molecule has 92 valence electrons. The van der Waals surface area contributed by atoms with Gasteiger partial charge in [0.25, 0.3) is 0 Å². The summed E-state index contributed by atoms with van der Waals surface area (Å²) in [4.78, 5) is 12.4. The molecular weight excluding hydrogens is 222 g/mol. The summed E-state index contributed by atoms with van der Waals surface area (Å²) in [5.41, 5.74) is 1.80. The molecular formula is C12H15NO4. The number of carbonyl (C=O) groups is 1. The lowest BCUT2D eigenvalue weighted by molar-refractivity contribution is 0.124. The first kappa shape index (κ1) is 11.6. The highest BCUT2D eigenvalue weighted by Crippen LogP contribution is 2.39. The molecule has 1 amide bonds. The maximum Gasteiger partial charge on any atom is 0.407 e. The number of fused-ring (bicyclic) bond motifs is 1. The summed E-state index contributed by atoms with van der Waals surface area (Å²) in [7, 11) is 1.50. The Bertz CT molecular complexity index is 458. The van der Waals surface area contributed by atoms with Crippen molar-refractivity contribution >= 4 is 6.09 Å². The summed E-state index contributed by atoms with van der Waals surface area (Å²) < 4.78 is 5.17. The van der Waals surface area contributed by atoms with Gasteiger partial charge in [0.2, 0.25) is 0 Å².